The minimum Gasteiger partial charge on any atom is -0.463 e. The Morgan fingerprint density at radius 2 is 1.97 bits per heavy atom. The maximum absolute atomic E-state index is 13.1. The smallest absolute Gasteiger partial charge is 0.291 e. The molecule has 29 heavy (non-hydrogen) atoms. The second-order valence-electron chi connectivity index (χ2n) is 7.66. The Balaban J connectivity index is 1.46. The summed E-state index contributed by atoms with van der Waals surface area (Å²) in [6, 6.07) is 2.84. The molecule has 2 aliphatic heterocycles. The predicted molar refractivity (Wildman–Crippen MR) is 104 cm³/mol. The van der Waals surface area contributed by atoms with E-state index in [0.29, 0.717) is 62.5 Å². The van der Waals surface area contributed by atoms with Crippen molar-refractivity contribution in [3.63, 3.8) is 0 Å². The van der Waals surface area contributed by atoms with Crippen LogP contribution in [0.4, 0.5) is 0 Å². The lowest BCUT2D eigenvalue weighted by Crippen LogP contribution is -2.49. The number of nitrogens with zero attached hydrogens (tertiary/aromatic N) is 4. The molecule has 3 aromatic heterocycles. The molecule has 2 fully saturated rings. The first-order valence-corrected chi connectivity index (χ1v) is 10.1. The molecular formula is C20H24N4O5. The average Bonchev–Trinajstić information content (AvgIpc) is 3.45. The van der Waals surface area contributed by atoms with Crippen molar-refractivity contribution in [3.05, 3.63) is 34.6 Å². The number of likely N-dealkylation sites (tertiary alicyclic amines) is 1. The number of aromatic nitrogens is 3. The number of piperidine rings is 1. The molecule has 3 aromatic rings. The summed E-state index contributed by atoms with van der Waals surface area (Å²) in [6.45, 7) is 5.98. The van der Waals surface area contributed by atoms with E-state index in [1.807, 2.05) is 17.4 Å². The first-order valence-electron chi connectivity index (χ1n) is 10.1. The largest absolute Gasteiger partial charge is 0.463 e. The van der Waals surface area contributed by atoms with Gasteiger partial charge in [-0.3, -0.25) is 14.0 Å². The van der Waals surface area contributed by atoms with Crippen LogP contribution in [0.1, 0.15) is 38.6 Å². The quantitative estimate of drug-likeness (QED) is 0.665. The molecule has 154 valence electrons. The molecule has 2 saturated heterocycles. The van der Waals surface area contributed by atoms with Gasteiger partial charge in [0.15, 0.2) is 11.4 Å². The van der Waals surface area contributed by atoms with Crippen molar-refractivity contribution in [1.29, 1.82) is 0 Å². The third-order valence-corrected chi connectivity index (χ3v) is 6.02. The van der Waals surface area contributed by atoms with Crippen molar-refractivity contribution in [3.8, 4) is 0 Å². The molecular weight excluding hydrogens is 376 g/mol. The van der Waals surface area contributed by atoms with E-state index in [-0.39, 0.29) is 11.5 Å². The zero-order valence-corrected chi connectivity index (χ0v) is 16.6. The number of rotatable bonds is 3. The number of hydrogen-bond donors (Lipinski definition) is 0. The number of ether oxygens (including phenoxy) is 2. The molecule has 0 unspecified atom stereocenters. The molecule has 9 heteroatoms. The topological polar surface area (TPSA) is 91.2 Å². The van der Waals surface area contributed by atoms with Crippen LogP contribution in [0.15, 0.2) is 27.6 Å². The van der Waals surface area contributed by atoms with Crippen molar-refractivity contribution in [2.45, 2.75) is 44.9 Å². The van der Waals surface area contributed by atoms with Crippen molar-refractivity contribution in [2.24, 2.45) is 0 Å². The summed E-state index contributed by atoms with van der Waals surface area (Å²) in [5.41, 5.74) is 1.61. The molecule has 0 saturated carbocycles. The fourth-order valence-corrected chi connectivity index (χ4v) is 4.41. The standard InChI is InChI=1S/C20H24N4O5/c1-3-17-21-24(19(26)15-12-16-14(23(15)17)4-9-27-16)13(2)18(25)22-7-5-20(6-8-22)28-10-11-29-20/h4,9,12-13H,3,5-8,10-11H2,1-2H3/t13-/m0/s1. The molecule has 9 nitrogen and oxygen atoms in total. The average molecular weight is 400 g/mol. The van der Waals surface area contributed by atoms with Crippen molar-refractivity contribution in [2.75, 3.05) is 26.3 Å². The Morgan fingerprint density at radius 1 is 1.24 bits per heavy atom. The maximum Gasteiger partial charge on any atom is 0.291 e. The lowest BCUT2D eigenvalue weighted by atomic mass is 10.0. The van der Waals surface area contributed by atoms with Gasteiger partial charge in [0.2, 0.25) is 5.91 Å². The fourth-order valence-electron chi connectivity index (χ4n) is 4.41. The molecule has 0 aliphatic carbocycles. The van der Waals surface area contributed by atoms with Crippen LogP contribution >= 0.6 is 0 Å². The van der Waals surface area contributed by atoms with Gasteiger partial charge in [-0.2, -0.15) is 5.10 Å². The van der Waals surface area contributed by atoms with E-state index in [9.17, 15) is 9.59 Å². The van der Waals surface area contributed by atoms with Crippen LogP contribution in [-0.4, -0.2) is 57.1 Å². The minimum absolute atomic E-state index is 0.117. The number of aryl methyl sites for hydroxylation is 1. The SMILES string of the molecule is CCc1nn([C@@H](C)C(=O)N2CCC3(CC2)OCCO3)c(=O)c2cc3occc3n12. The molecule has 2 aliphatic rings. The van der Waals surface area contributed by atoms with Gasteiger partial charge in [-0.15, -0.1) is 0 Å². The molecule has 1 amide bonds. The summed E-state index contributed by atoms with van der Waals surface area (Å²) in [5.74, 6) is 0.0544. The van der Waals surface area contributed by atoms with Crippen LogP contribution in [0.3, 0.4) is 0 Å². The minimum atomic E-state index is -0.696. The number of carbonyl (C=O) groups is 1. The lowest BCUT2D eigenvalue weighted by Gasteiger charge is -2.38. The van der Waals surface area contributed by atoms with Crippen molar-refractivity contribution >= 4 is 22.5 Å². The zero-order valence-electron chi connectivity index (χ0n) is 16.6. The highest BCUT2D eigenvalue weighted by Gasteiger charge is 2.41. The highest BCUT2D eigenvalue weighted by molar-refractivity contribution is 5.83. The second-order valence-corrected chi connectivity index (χ2v) is 7.66. The van der Waals surface area contributed by atoms with Gasteiger partial charge in [-0.25, -0.2) is 4.68 Å². The Bertz CT molecular complexity index is 1130. The number of fused-ring (bicyclic) bond motifs is 3. The Labute approximate surface area is 166 Å². The first-order chi connectivity index (χ1) is 14.0. The van der Waals surface area contributed by atoms with Gasteiger partial charge < -0.3 is 18.8 Å². The monoisotopic (exact) mass is 400 g/mol. The maximum atomic E-state index is 13.1. The van der Waals surface area contributed by atoms with Crippen LogP contribution in [0.2, 0.25) is 0 Å². The third-order valence-electron chi connectivity index (χ3n) is 6.02. The van der Waals surface area contributed by atoms with E-state index < -0.39 is 11.8 Å². The number of furan rings is 1. The molecule has 0 bridgehead atoms. The van der Waals surface area contributed by atoms with E-state index in [1.54, 1.807) is 24.2 Å². The number of carbonyl (C=O) groups excluding carboxylic acids is 1. The molecule has 1 spiro atoms. The van der Waals surface area contributed by atoms with Crippen LogP contribution in [0, 0.1) is 0 Å². The molecule has 5 heterocycles. The van der Waals surface area contributed by atoms with Gasteiger partial charge in [0.1, 0.15) is 17.4 Å². The van der Waals surface area contributed by atoms with E-state index in [2.05, 4.69) is 5.10 Å². The van der Waals surface area contributed by atoms with Crippen LogP contribution in [0.25, 0.3) is 16.6 Å². The highest BCUT2D eigenvalue weighted by Crippen LogP contribution is 2.32. The van der Waals surface area contributed by atoms with E-state index >= 15 is 0 Å². The molecule has 0 aromatic carbocycles. The summed E-state index contributed by atoms with van der Waals surface area (Å²) in [4.78, 5) is 28.0. The summed E-state index contributed by atoms with van der Waals surface area (Å²) in [5, 5.41) is 4.54. The Morgan fingerprint density at radius 3 is 2.66 bits per heavy atom. The highest BCUT2D eigenvalue weighted by atomic mass is 16.7. The predicted octanol–water partition coefficient (Wildman–Crippen LogP) is 1.73. The van der Waals surface area contributed by atoms with Crippen LogP contribution in [-0.2, 0) is 20.7 Å². The normalized spacial score (nSPS) is 20.1. The van der Waals surface area contributed by atoms with Gasteiger partial charge in [0.25, 0.3) is 5.56 Å². The van der Waals surface area contributed by atoms with E-state index in [4.69, 9.17) is 13.9 Å². The first kappa shape index (κ1) is 18.4. The lowest BCUT2D eigenvalue weighted by molar-refractivity contribution is -0.188. The number of amides is 1. The van der Waals surface area contributed by atoms with E-state index in [0.717, 1.165) is 5.52 Å². The van der Waals surface area contributed by atoms with Gasteiger partial charge in [0, 0.05) is 44.5 Å². The molecule has 1 atom stereocenters. The summed E-state index contributed by atoms with van der Waals surface area (Å²) in [7, 11) is 0. The summed E-state index contributed by atoms with van der Waals surface area (Å²) in [6.07, 6.45) is 3.49. The molecule has 5 rings (SSSR count). The van der Waals surface area contributed by atoms with Gasteiger partial charge in [-0.1, -0.05) is 6.92 Å². The van der Waals surface area contributed by atoms with Crippen molar-refractivity contribution < 1.29 is 18.7 Å². The molecule has 0 N–H and O–H groups in total. The zero-order chi connectivity index (χ0) is 20.2. The van der Waals surface area contributed by atoms with Gasteiger partial charge in [-0.05, 0) is 6.92 Å². The second kappa shape index (κ2) is 6.70. The van der Waals surface area contributed by atoms with Crippen LogP contribution < -0.4 is 5.56 Å². The third kappa shape index (κ3) is 2.79. The fraction of sp³-hybridized carbons (Fsp3) is 0.550. The van der Waals surface area contributed by atoms with Gasteiger partial charge >= 0.3 is 0 Å². The van der Waals surface area contributed by atoms with Gasteiger partial charge in [0.05, 0.1) is 25.0 Å². The number of hydrogen-bond acceptors (Lipinski definition) is 6. The Kier molecular flexibility index (Phi) is 4.25. The Hall–Kier alpha value is -2.65. The van der Waals surface area contributed by atoms with Crippen LogP contribution in [0.5, 0.6) is 0 Å². The summed E-state index contributed by atoms with van der Waals surface area (Å²) >= 11 is 0. The summed E-state index contributed by atoms with van der Waals surface area (Å²) < 4.78 is 20.0. The molecule has 0 radical (unpaired) electrons. The van der Waals surface area contributed by atoms with Crippen molar-refractivity contribution in [1.82, 2.24) is 19.1 Å². The van der Waals surface area contributed by atoms with E-state index in [1.165, 1.54) is 4.68 Å².